The molecule has 0 bridgehead atoms. The van der Waals surface area contributed by atoms with Gasteiger partial charge >= 0.3 is 165 Å². The zero-order valence-corrected chi connectivity index (χ0v) is 17.8. The van der Waals surface area contributed by atoms with E-state index < -0.39 is 19.1 Å². The second-order valence-corrected chi connectivity index (χ2v) is 13.4. The minimum absolute atomic E-state index is 0.354. The standard InChI is InChI=1S/C24H27AsO2/c1-3-13-23(24(2,26)20-14-7-4-8-15-20)25(27,21-16-9-5-10-17-21)22-18-11-6-12-19-22/h4-12,14-19,23,26H,3,13H2,1-2H3. The third-order valence-corrected chi connectivity index (χ3v) is 13.2. The molecule has 0 aliphatic rings. The molecule has 0 saturated heterocycles. The normalized spacial score (nSPS) is 15.1. The summed E-state index contributed by atoms with van der Waals surface area (Å²) in [5, 5.41) is 11.7. The van der Waals surface area contributed by atoms with Gasteiger partial charge in [-0.1, -0.05) is 0 Å². The van der Waals surface area contributed by atoms with Gasteiger partial charge in [0.1, 0.15) is 0 Å². The Balaban J connectivity index is 2.24. The molecular weight excluding hydrogens is 395 g/mol. The van der Waals surface area contributed by atoms with Crippen molar-refractivity contribution in [1.82, 2.24) is 0 Å². The van der Waals surface area contributed by atoms with Crippen LogP contribution in [-0.4, -0.2) is 18.6 Å². The molecular formula is C24H27AsO2. The zero-order chi connectivity index (χ0) is 19.3. The molecule has 0 heterocycles. The molecule has 1 N–H and O–H groups in total. The van der Waals surface area contributed by atoms with Gasteiger partial charge in [-0.2, -0.15) is 0 Å². The number of hydrogen-bond donors (Lipinski definition) is 1. The van der Waals surface area contributed by atoms with E-state index >= 15 is 0 Å². The second-order valence-electron chi connectivity index (χ2n) is 7.15. The quantitative estimate of drug-likeness (QED) is 0.578. The first-order chi connectivity index (χ1) is 13.0. The predicted octanol–water partition coefficient (Wildman–Crippen LogP) is 4.25. The van der Waals surface area contributed by atoms with Crippen LogP contribution in [0.3, 0.4) is 0 Å². The van der Waals surface area contributed by atoms with Crippen molar-refractivity contribution in [3.8, 4) is 0 Å². The first-order valence-electron chi connectivity index (χ1n) is 9.50. The maximum atomic E-state index is 14.8. The fourth-order valence-corrected chi connectivity index (χ4v) is 11.7. The Hall–Kier alpha value is -2.02. The molecule has 2 unspecified atom stereocenters. The molecule has 0 aromatic heterocycles. The van der Waals surface area contributed by atoms with Gasteiger partial charge in [-0.3, -0.25) is 0 Å². The van der Waals surface area contributed by atoms with Crippen molar-refractivity contribution in [2.24, 2.45) is 0 Å². The summed E-state index contributed by atoms with van der Waals surface area (Å²) in [6.07, 6.45) is 1.56. The Labute approximate surface area is 164 Å². The Morgan fingerprint density at radius 2 is 1.22 bits per heavy atom. The molecule has 0 radical (unpaired) electrons. The van der Waals surface area contributed by atoms with Crippen molar-refractivity contribution < 1.29 is 8.85 Å². The predicted molar refractivity (Wildman–Crippen MR) is 113 cm³/mol. The number of benzene rings is 3. The molecule has 0 aliphatic heterocycles. The van der Waals surface area contributed by atoms with E-state index in [1.807, 2.05) is 97.9 Å². The van der Waals surface area contributed by atoms with Gasteiger partial charge in [-0.05, 0) is 0 Å². The van der Waals surface area contributed by atoms with Crippen LogP contribution in [0.4, 0.5) is 0 Å². The number of hydrogen-bond acceptors (Lipinski definition) is 2. The van der Waals surface area contributed by atoms with E-state index in [9.17, 15) is 8.85 Å². The van der Waals surface area contributed by atoms with Crippen molar-refractivity contribution in [2.45, 2.75) is 37.0 Å². The van der Waals surface area contributed by atoms with Gasteiger partial charge in [0.25, 0.3) is 0 Å². The molecule has 140 valence electrons. The minimum atomic E-state index is -3.92. The van der Waals surface area contributed by atoms with Crippen LogP contribution in [-0.2, 0) is 9.34 Å². The first-order valence-corrected chi connectivity index (χ1v) is 13.2. The van der Waals surface area contributed by atoms with Crippen LogP contribution in [0.5, 0.6) is 0 Å². The fraction of sp³-hybridized carbons (Fsp3) is 0.250. The van der Waals surface area contributed by atoms with E-state index in [1.165, 1.54) is 0 Å². The Bertz CT molecular complexity index is 846. The van der Waals surface area contributed by atoms with Crippen molar-refractivity contribution >= 4 is 22.2 Å². The van der Waals surface area contributed by atoms with Crippen LogP contribution < -0.4 is 8.70 Å². The van der Waals surface area contributed by atoms with Crippen molar-refractivity contribution in [2.75, 3.05) is 0 Å². The average Bonchev–Trinajstić information content (AvgIpc) is 2.73. The van der Waals surface area contributed by atoms with Crippen LogP contribution >= 0.6 is 0 Å². The summed E-state index contributed by atoms with van der Waals surface area (Å²) in [5.74, 6) is 0. The second kappa shape index (κ2) is 8.33. The first kappa shape index (κ1) is 19.7. The van der Waals surface area contributed by atoms with Gasteiger partial charge in [-0.15, -0.1) is 0 Å². The van der Waals surface area contributed by atoms with Gasteiger partial charge in [0.05, 0.1) is 0 Å². The SMILES string of the molecule is CCCC(C(C)(O)c1ccccc1)[As](=O)(c1ccccc1)c1ccccc1. The Morgan fingerprint density at radius 3 is 1.63 bits per heavy atom. The summed E-state index contributed by atoms with van der Waals surface area (Å²) in [5.41, 5.74) is -0.366. The molecule has 3 heteroatoms. The Morgan fingerprint density at radius 1 is 0.815 bits per heavy atom. The van der Waals surface area contributed by atoms with Crippen molar-refractivity contribution in [1.29, 1.82) is 0 Å². The average molecular weight is 422 g/mol. The van der Waals surface area contributed by atoms with Crippen LogP contribution in [0.1, 0.15) is 32.3 Å². The van der Waals surface area contributed by atoms with Crippen molar-refractivity contribution in [3.63, 3.8) is 0 Å². The molecule has 0 fully saturated rings. The maximum absolute atomic E-state index is 14.8. The summed E-state index contributed by atoms with van der Waals surface area (Å²) in [4.78, 5) is 0. The summed E-state index contributed by atoms with van der Waals surface area (Å²) in [7, 11) is 0. The molecule has 0 amide bonds. The van der Waals surface area contributed by atoms with Gasteiger partial charge in [-0.25, -0.2) is 0 Å². The van der Waals surface area contributed by atoms with Crippen LogP contribution in [0.25, 0.3) is 0 Å². The summed E-state index contributed by atoms with van der Waals surface area (Å²) < 4.78 is 16.2. The summed E-state index contributed by atoms with van der Waals surface area (Å²) in [6.45, 7) is 3.91. The van der Waals surface area contributed by atoms with E-state index in [0.29, 0.717) is 6.42 Å². The van der Waals surface area contributed by atoms with Gasteiger partial charge < -0.3 is 0 Å². The third kappa shape index (κ3) is 3.83. The summed E-state index contributed by atoms with van der Waals surface area (Å²) in [6, 6.07) is 29.1. The molecule has 0 spiro atoms. The topological polar surface area (TPSA) is 37.3 Å². The Kier molecular flexibility index (Phi) is 6.09. The van der Waals surface area contributed by atoms with Crippen molar-refractivity contribution in [3.05, 3.63) is 96.6 Å². The van der Waals surface area contributed by atoms with Gasteiger partial charge in [0.2, 0.25) is 0 Å². The van der Waals surface area contributed by atoms with Crippen LogP contribution in [0.15, 0.2) is 91.0 Å². The number of rotatable bonds is 7. The molecule has 0 saturated carbocycles. The molecule has 3 rings (SSSR count). The molecule has 3 aromatic rings. The van der Waals surface area contributed by atoms with E-state index in [2.05, 4.69) is 6.92 Å². The third-order valence-electron chi connectivity index (χ3n) is 5.29. The van der Waals surface area contributed by atoms with E-state index in [0.717, 1.165) is 20.7 Å². The summed E-state index contributed by atoms with van der Waals surface area (Å²) >= 11 is -3.92. The molecule has 3 aromatic carbocycles. The van der Waals surface area contributed by atoms with Gasteiger partial charge in [0, 0.05) is 0 Å². The molecule has 2 nitrogen and oxygen atoms in total. The monoisotopic (exact) mass is 422 g/mol. The molecule has 2 atom stereocenters. The molecule has 0 aliphatic carbocycles. The fourth-order valence-electron chi connectivity index (χ4n) is 3.87. The van der Waals surface area contributed by atoms with Crippen LogP contribution in [0, 0.1) is 0 Å². The number of aliphatic hydroxyl groups is 1. The van der Waals surface area contributed by atoms with E-state index in [1.54, 1.807) is 0 Å². The molecule has 27 heavy (non-hydrogen) atoms. The zero-order valence-electron chi connectivity index (χ0n) is 16.0. The van der Waals surface area contributed by atoms with E-state index in [-0.39, 0.29) is 4.71 Å². The van der Waals surface area contributed by atoms with E-state index in [4.69, 9.17) is 0 Å². The van der Waals surface area contributed by atoms with Gasteiger partial charge in [0.15, 0.2) is 0 Å². The van der Waals surface area contributed by atoms with Crippen LogP contribution in [0.2, 0.25) is 4.71 Å².